The Morgan fingerprint density at radius 2 is 2.06 bits per heavy atom. The number of aldehydes is 1. The summed E-state index contributed by atoms with van der Waals surface area (Å²) in [5, 5.41) is 3.95. The summed E-state index contributed by atoms with van der Waals surface area (Å²) < 4.78 is 38.9. The lowest BCUT2D eigenvalue weighted by molar-refractivity contribution is -0.0897. The molecule has 0 aromatic carbocycles. The number of nitrogens with one attached hydrogen (secondary N) is 2. The first-order valence-corrected chi connectivity index (χ1v) is 11.7. The van der Waals surface area contributed by atoms with E-state index in [2.05, 4.69) is 31.2 Å². The molecule has 0 fully saturated rings. The van der Waals surface area contributed by atoms with Crippen LogP contribution < -0.4 is 11.1 Å². The van der Waals surface area contributed by atoms with Crippen molar-refractivity contribution in [3.8, 4) is 10.4 Å². The van der Waals surface area contributed by atoms with Gasteiger partial charge in [0.05, 0.1) is 10.5 Å². The number of alkyl halides is 3. The predicted octanol–water partition coefficient (Wildman–Crippen LogP) is 6.24. The Bertz CT molecular complexity index is 1130. The van der Waals surface area contributed by atoms with Crippen molar-refractivity contribution in [2.75, 3.05) is 13.6 Å². The molecule has 3 aromatic heterocycles. The standard InChI is InChI=1S/C12H7BrN2OS.C11H19F3N2/c13-10-5-7(6-16)17-11(10)8-1-3-14-12-9(8)2-4-15-12;1-4-8(6-9(7-15)16-3)10(5-2)11(12,13)14/h1-6H,(H,14,15);4-5,9,16H,6-7,15H2,1-3H3/b;8-4-,10-5+. The molecule has 3 heterocycles. The fraction of sp³-hybridized carbons (Fsp3) is 0.304. The number of hydrogen-bond donors (Lipinski definition) is 3. The second-order valence-corrected chi connectivity index (χ2v) is 8.92. The zero-order valence-electron chi connectivity index (χ0n) is 18.5. The Labute approximate surface area is 203 Å². The number of H-pyrrole nitrogens is 1. The van der Waals surface area contributed by atoms with Crippen LogP contribution in [0.5, 0.6) is 0 Å². The number of carbonyl (C=O) groups excluding carboxylic acids is 1. The molecule has 33 heavy (non-hydrogen) atoms. The average Bonchev–Trinajstić information content (AvgIpc) is 3.42. The van der Waals surface area contributed by atoms with Gasteiger partial charge in [0.1, 0.15) is 5.65 Å². The Morgan fingerprint density at radius 1 is 1.33 bits per heavy atom. The largest absolute Gasteiger partial charge is 0.416 e. The van der Waals surface area contributed by atoms with E-state index in [1.54, 1.807) is 20.2 Å². The van der Waals surface area contributed by atoms with E-state index in [4.69, 9.17) is 5.73 Å². The average molecular weight is 543 g/mol. The lowest BCUT2D eigenvalue weighted by atomic mass is 9.97. The van der Waals surface area contributed by atoms with Gasteiger partial charge in [-0.25, -0.2) is 4.98 Å². The Balaban J connectivity index is 0.000000235. The van der Waals surface area contributed by atoms with Gasteiger partial charge in [-0.1, -0.05) is 12.2 Å². The van der Waals surface area contributed by atoms with Crippen molar-refractivity contribution in [3.05, 3.63) is 63.2 Å². The summed E-state index contributed by atoms with van der Waals surface area (Å²) in [6, 6.07) is 5.65. The number of likely N-dealkylation sites (N-methyl/N-ethyl adjacent to an activating group) is 1. The van der Waals surface area contributed by atoms with Crippen LogP contribution in [-0.4, -0.2) is 42.1 Å². The van der Waals surface area contributed by atoms with Crippen LogP contribution in [0.1, 0.15) is 29.9 Å². The molecule has 4 N–H and O–H groups in total. The summed E-state index contributed by atoms with van der Waals surface area (Å²) in [4.78, 5) is 19.9. The molecular weight excluding hydrogens is 517 g/mol. The summed E-state index contributed by atoms with van der Waals surface area (Å²) in [6.45, 7) is 3.31. The van der Waals surface area contributed by atoms with Crippen LogP contribution in [0.2, 0.25) is 0 Å². The molecule has 0 aliphatic carbocycles. The highest BCUT2D eigenvalue weighted by Gasteiger charge is 2.35. The molecule has 0 spiro atoms. The van der Waals surface area contributed by atoms with E-state index in [0.717, 1.165) is 38.3 Å². The molecule has 0 radical (unpaired) electrons. The smallest absolute Gasteiger partial charge is 0.346 e. The number of nitrogens with zero attached hydrogens (tertiary/aromatic N) is 1. The van der Waals surface area contributed by atoms with Crippen LogP contribution >= 0.6 is 27.3 Å². The molecule has 5 nitrogen and oxygen atoms in total. The number of aromatic amines is 1. The molecule has 0 bridgehead atoms. The molecular formula is C23H26BrF3N4OS. The molecule has 10 heteroatoms. The van der Waals surface area contributed by atoms with Crippen LogP contribution in [-0.2, 0) is 0 Å². The predicted molar refractivity (Wildman–Crippen MR) is 133 cm³/mol. The van der Waals surface area contributed by atoms with E-state index < -0.39 is 11.7 Å². The van der Waals surface area contributed by atoms with Gasteiger partial charge < -0.3 is 16.0 Å². The third kappa shape index (κ3) is 6.86. The first kappa shape index (κ1) is 27.0. The monoisotopic (exact) mass is 542 g/mol. The number of thiophene rings is 1. The Morgan fingerprint density at radius 3 is 2.58 bits per heavy atom. The number of nitrogens with two attached hydrogens (primary N) is 1. The van der Waals surface area contributed by atoms with E-state index in [1.165, 1.54) is 24.3 Å². The van der Waals surface area contributed by atoms with Gasteiger partial charge in [0.15, 0.2) is 6.29 Å². The molecule has 0 aliphatic heterocycles. The van der Waals surface area contributed by atoms with Gasteiger partial charge >= 0.3 is 6.18 Å². The van der Waals surface area contributed by atoms with Crippen molar-refractivity contribution < 1.29 is 18.0 Å². The van der Waals surface area contributed by atoms with E-state index in [1.807, 2.05) is 24.4 Å². The number of aromatic nitrogens is 2. The number of carbonyl (C=O) groups is 1. The highest BCUT2D eigenvalue weighted by Crippen LogP contribution is 2.38. The zero-order chi connectivity index (χ0) is 24.6. The number of hydrogen-bond acceptors (Lipinski definition) is 5. The van der Waals surface area contributed by atoms with Gasteiger partial charge in [0, 0.05) is 45.3 Å². The highest BCUT2D eigenvalue weighted by molar-refractivity contribution is 9.10. The van der Waals surface area contributed by atoms with Gasteiger partial charge in [-0.2, -0.15) is 13.2 Å². The lowest BCUT2D eigenvalue weighted by Gasteiger charge is -2.19. The summed E-state index contributed by atoms with van der Waals surface area (Å²) in [7, 11) is 1.69. The van der Waals surface area contributed by atoms with E-state index >= 15 is 0 Å². The topological polar surface area (TPSA) is 83.8 Å². The zero-order valence-corrected chi connectivity index (χ0v) is 20.9. The number of fused-ring (bicyclic) bond motifs is 1. The minimum atomic E-state index is -4.30. The van der Waals surface area contributed by atoms with Crippen molar-refractivity contribution in [3.63, 3.8) is 0 Å². The van der Waals surface area contributed by atoms with Gasteiger partial charge in [0.25, 0.3) is 0 Å². The third-order valence-corrected chi connectivity index (χ3v) is 6.96. The quantitative estimate of drug-likeness (QED) is 0.243. The van der Waals surface area contributed by atoms with Gasteiger partial charge in [-0.05, 0) is 67.0 Å². The Kier molecular flexibility index (Phi) is 10.0. The maximum absolute atomic E-state index is 12.7. The third-order valence-electron chi connectivity index (χ3n) is 4.97. The maximum Gasteiger partial charge on any atom is 0.416 e. The van der Waals surface area contributed by atoms with Crippen molar-refractivity contribution in [1.29, 1.82) is 0 Å². The van der Waals surface area contributed by atoms with Crippen molar-refractivity contribution in [1.82, 2.24) is 15.3 Å². The van der Waals surface area contributed by atoms with Crippen LogP contribution in [0.15, 0.2) is 58.4 Å². The maximum atomic E-state index is 12.7. The molecule has 3 aromatic rings. The first-order valence-electron chi connectivity index (χ1n) is 10.1. The summed E-state index contributed by atoms with van der Waals surface area (Å²) >= 11 is 4.96. The number of pyridine rings is 1. The molecule has 0 aliphatic rings. The van der Waals surface area contributed by atoms with Crippen molar-refractivity contribution >= 4 is 44.6 Å². The van der Waals surface area contributed by atoms with Gasteiger partial charge in [-0.3, -0.25) is 4.79 Å². The van der Waals surface area contributed by atoms with E-state index in [0.29, 0.717) is 11.4 Å². The molecule has 1 atom stereocenters. The van der Waals surface area contributed by atoms with Crippen LogP contribution in [0.3, 0.4) is 0 Å². The van der Waals surface area contributed by atoms with Crippen LogP contribution in [0.4, 0.5) is 13.2 Å². The van der Waals surface area contributed by atoms with Crippen LogP contribution in [0, 0.1) is 0 Å². The molecule has 178 valence electrons. The van der Waals surface area contributed by atoms with Crippen molar-refractivity contribution in [2.45, 2.75) is 32.5 Å². The minimum Gasteiger partial charge on any atom is -0.346 e. The molecule has 0 saturated carbocycles. The summed E-state index contributed by atoms with van der Waals surface area (Å²) in [5.41, 5.74) is 7.09. The van der Waals surface area contributed by atoms with Crippen molar-refractivity contribution in [2.24, 2.45) is 5.73 Å². The van der Waals surface area contributed by atoms with E-state index in [9.17, 15) is 18.0 Å². The van der Waals surface area contributed by atoms with E-state index in [-0.39, 0.29) is 18.0 Å². The summed E-state index contributed by atoms with van der Waals surface area (Å²) in [6.07, 6.45) is 3.06. The highest BCUT2D eigenvalue weighted by atomic mass is 79.9. The SMILES string of the molecule is C/C=C(CC(CN)NC)\C(=C/C)C(F)(F)F.O=Cc1cc(Br)c(-c2ccnc3[nH]ccc23)s1. The minimum absolute atomic E-state index is 0.136. The van der Waals surface area contributed by atoms with Gasteiger partial charge in [-0.15, -0.1) is 11.3 Å². The Hall–Kier alpha value is -2.27. The lowest BCUT2D eigenvalue weighted by Crippen LogP contribution is -2.34. The normalized spacial score (nSPS) is 13.6. The molecule has 0 amide bonds. The number of allylic oxidation sites excluding steroid dienone is 3. The molecule has 0 saturated heterocycles. The van der Waals surface area contributed by atoms with Crippen LogP contribution in [0.25, 0.3) is 21.5 Å². The van der Waals surface area contributed by atoms with Gasteiger partial charge in [0.2, 0.25) is 0 Å². The fourth-order valence-electron chi connectivity index (χ4n) is 3.27. The molecule has 3 rings (SSSR count). The molecule has 1 unspecified atom stereocenters. The second kappa shape index (κ2) is 12.3. The second-order valence-electron chi connectivity index (χ2n) is 6.98. The fourth-order valence-corrected chi connectivity index (χ4v) is 5.03. The number of rotatable bonds is 7. The first-order chi connectivity index (χ1) is 15.7. The summed E-state index contributed by atoms with van der Waals surface area (Å²) in [5.74, 6) is 0. The number of halogens is 4.